The molecule has 5 heteroatoms. The quantitative estimate of drug-likeness (QED) is 0.558. The molecule has 1 aromatic rings. The Morgan fingerprint density at radius 2 is 2.64 bits per heavy atom. The molecule has 0 aliphatic carbocycles. The Balaban J connectivity index is 2.04. The zero-order chi connectivity index (χ0) is 7.94. The molecule has 0 saturated heterocycles. The van der Waals surface area contributed by atoms with Gasteiger partial charge in [-0.25, -0.2) is 4.98 Å². The van der Waals surface area contributed by atoms with Crippen molar-refractivity contribution in [1.29, 1.82) is 0 Å². The maximum absolute atomic E-state index is 4.06. The van der Waals surface area contributed by atoms with Gasteiger partial charge in [0, 0.05) is 5.75 Å². The van der Waals surface area contributed by atoms with Crippen LogP contribution in [-0.2, 0) is 0 Å². The summed E-state index contributed by atoms with van der Waals surface area (Å²) in [7, 11) is 1.97. The van der Waals surface area contributed by atoms with Crippen LogP contribution in [0.1, 0.15) is 6.42 Å². The van der Waals surface area contributed by atoms with Gasteiger partial charge in [0.1, 0.15) is 6.33 Å². The Hall–Kier alpha value is -0.130. The Bertz CT molecular complexity index is 176. The van der Waals surface area contributed by atoms with Gasteiger partial charge in [-0.1, -0.05) is 11.8 Å². The van der Waals surface area contributed by atoms with Crippen LogP contribution in [0.2, 0.25) is 0 Å². The van der Waals surface area contributed by atoms with Crippen molar-refractivity contribution < 1.29 is 0 Å². The summed E-state index contributed by atoms with van der Waals surface area (Å²) < 4.78 is 4.99. The number of hydrogen-bond donors (Lipinski definition) is 1. The van der Waals surface area contributed by atoms with Crippen molar-refractivity contribution >= 4 is 23.3 Å². The minimum Gasteiger partial charge on any atom is -0.320 e. The molecule has 0 aromatic carbocycles. The first-order valence-electron chi connectivity index (χ1n) is 3.47. The van der Waals surface area contributed by atoms with Crippen LogP contribution in [0.25, 0.3) is 0 Å². The van der Waals surface area contributed by atoms with Gasteiger partial charge in [-0.3, -0.25) is 0 Å². The number of rotatable bonds is 5. The molecule has 0 radical (unpaired) electrons. The van der Waals surface area contributed by atoms with E-state index >= 15 is 0 Å². The van der Waals surface area contributed by atoms with Crippen molar-refractivity contribution in [2.24, 2.45) is 0 Å². The molecule has 0 bridgehead atoms. The fraction of sp³-hybridized carbons (Fsp3) is 0.667. The normalized spacial score (nSPS) is 10.3. The smallest absolute Gasteiger partial charge is 0.169 e. The summed E-state index contributed by atoms with van der Waals surface area (Å²) in [4.78, 5) is 4.06. The molecule has 62 valence electrons. The largest absolute Gasteiger partial charge is 0.320 e. The fourth-order valence-corrected chi connectivity index (χ4v) is 2.09. The van der Waals surface area contributed by atoms with E-state index in [1.54, 1.807) is 18.1 Å². The molecular formula is C6H11N3S2. The molecule has 0 unspecified atom stereocenters. The molecule has 0 amide bonds. The topological polar surface area (TPSA) is 37.8 Å². The molecule has 3 nitrogen and oxygen atoms in total. The highest BCUT2D eigenvalue weighted by Crippen LogP contribution is 2.18. The van der Waals surface area contributed by atoms with Gasteiger partial charge >= 0.3 is 0 Å². The van der Waals surface area contributed by atoms with Crippen molar-refractivity contribution in [3.63, 3.8) is 0 Å². The van der Waals surface area contributed by atoms with Crippen LogP contribution in [0.5, 0.6) is 0 Å². The lowest BCUT2D eigenvalue weighted by atomic mass is 10.5. The molecule has 0 aliphatic heterocycles. The SMILES string of the molecule is CNCCCSc1ncns1. The molecule has 1 rings (SSSR count). The van der Waals surface area contributed by atoms with Crippen LogP contribution in [0, 0.1) is 0 Å². The number of thioether (sulfide) groups is 1. The van der Waals surface area contributed by atoms with E-state index in [2.05, 4.69) is 14.7 Å². The first kappa shape index (κ1) is 8.96. The number of nitrogens with one attached hydrogen (secondary N) is 1. The van der Waals surface area contributed by atoms with Gasteiger partial charge in [0.25, 0.3) is 0 Å². The molecule has 11 heavy (non-hydrogen) atoms. The van der Waals surface area contributed by atoms with Crippen LogP contribution in [0.4, 0.5) is 0 Å². The van der Waals surface area contributed by atoms with Gasteiger partial charge in [-0.2, -0.15) is 4.37 Å². The minimum atomic E-state index is 1.07. The van der Waals surface area contributed by atoms with Crippen LogP contribution in [0.15, 0.2) is 10.7 Å². The molecule has 1 aromatic heterocycles. The van der Waals surface area contributed by atoms with Crippen LogP contribution >= 0.6 is 23.3 Å². The van der Waals surface area contributed by atoms with Gasteiger partial charge in [-0.05, 0) is 31.5 Å². The predicted molar refractivity (Wildman–Crippen MR) is 49.2 cm³/mol. The van der Waals surface area contributed by atoms with Gasteiger partial charge in [0.15, 0.2) is 4.34 Å². The van der Waals surface area contributed by atoms with E-state index < -0.39 is 0 Å². The molecule has 1 N–H and O–H groups in total. The molecule has 0 atom stereocenters. The number of nitrogens with zero attached hydrogens (tertiary/aromatic N) is 2. The standard InChI is InChI=1S/C6H11N3S2/c1-7-3-2-4-10-6-8-5-9-11-6/h5,7H,2-4H2,1H3. The molecule has 0 aliphatic rings. The van der Waals surface area contributed by atoms with E-state index in [-0.39, 0.29) is 0 Å². The third kappa shape index (κ3) is 3.69. The van der Waals surface area contributed by atoms with Crippen molar-refractivity contribution in [2.45, 2.75) is 10.8 Å². The maximum Gasteiger partial charge on any atom is 0.169 e. The lowest BCUT2D eigenvalue weighted by Gasteiger charge is -1.95. The third-order valence-electron chi connectivity index (χ3n) is 1.14. The Labute approximate surface area is 74.8 Å². The van der Waals surface area contributed by atoms with Crippen molar-refractivity contribution in [2.75, 3.05) is 19.3 Å². The van der Waals surface area contributed by atoms with E-state index in [0.29, 0.717) is 0 Å². The highest BCUT2D eigenvalue weighted by molar-refractivity contribution is 8.00. The van der Waals surface area contributed by atoms with Crippen molar-refractivity contribution in [1.82, 2.24) is 14.7 Å². The van der Waals surface area contributed by atoms with E-state index in [9.17, 15) is 0 Å². The maximum atomic E-state index is 4.06. The summed E-state index contributed by atoms with van der Waals surface area (Å²) >= 11 is 3.23. The Morgan fingerprint density at radius 1 is 1.73 bits per heavy atom. The van der Waals surface area contributed by atoms with E-state index in [1.165, 1.54) is 18.0 Å². The van der Waals surface area contributed by atoms with Crippen LogP contribution in [0.3, 0.4) is 0 Å². The Kier molecular flexibility index (Phi) is 4.49. The second-order valence-corrected chi connectivity index (χ2v) is 4.13. The molecule has 0 spiro atoms. The van der Waals surface area contributed by atoms with Crippen LogP contribution in [-0.4, -0.2) is 28.7 Å². The first-order chi connectivity index (χ1) is 5.43. The minimum absolute atomic E-state index is 1.07. The van der Waals surface area contributed by atoms with Gasteiger partial charge in [0.05, 0.1) is 0 Å². The number of aromatic nitrogens is 2. The van der Waals surface area contributed by atoms with E-state index in [4.69, 9.17) is 0 Å². The third-order valence-corrected chi connectivity index (χ3v) is 3.02. The first-order valence-corrected chi connectivity index (χ1v) is 5.23. The van der Waals surface area contributed by atoms with E-state index in [1.807, 2.05) is 7.05 Å². The summed E-state index contributed by atoms with van der Waals surface area (Å²) in [6.45, 7) is 1.08. The van der Waals surface area contributed by atoms with Crippen molar-refractivity contribution in [3.8, 4) is 0 Å². The lowest BCUT2D eigenvalue weighted by Crippen LogP contribution is -2.07. The highest BCUT2D eigenvalue weighted by Gasteiger charge is 1.95. The summed E-state index contributed by atoms with van der Waals surface area (Å²) in [6, 6.07) is 0. The average molecular weight is 189 g/mol. The van der Waals surface area contributed by atoms with Crippen molar-refractivity contribution in [3.05, 3.63) is 6.33 Å². The molecule has 1 heterocycles. The van der Waals surface area contributed by atoms with Gasteiger partial charge < -0.3 is 5.32 Å². The average Bonchev–Trinajstić information content (AvgIpc) is 2.50. The summed E-state index contributed by atoms with van der Waals surface area (Å²) in [5.74, 6) is 1.12. The van der Waals surface area contributed by atoms with E-state index in [0.717, 1.165) is 16.6 Å². The summed E-state index contributed by atoms with van der Waals surface area (Å²) in [5, 5.41) is 3.10. The second-order valence-electron chi connectivity index (χ2n) is 2.01. The highest BCUT2D eigenvalue weighted by atomic mass is 32.2. The van der Waals surface area contributed by atoms with Crippen LogP contribution < -0.4 is 5.32 Å². The fourth-order valence-electron chi connectivity index (χ4n) is 0.635. The van der Waals surface area contributed by atoms with Gasteiger partial charge in [-0.15, -0.1) is 0 Å². The monoisotopic (exact) mass is 189 g/mol. The van der Waals surface area contributed by atoms with Gasteiger partial charge in [0.2, 0.25) is 0 Å². The lowest BCUT2D eigenvalue weighted by molar-refractivity contribution is 0.778. The summed E-state index contributed by atoms with van der Waals surface area (Å²) in [6.07, 6.45) is 2.78. The number of hydrogen-bond acceptors (Lipinski definition) is 5. The second kappa shape index (κ2) is 5.51. The summed E-state index contributed by atoms with van der Waals surface area (Å²) in [5.41, 5.74) is 0. The molecule has 0 fully saturated rings. The Morgan fingerprint density at radius 3 is 3.27 bits per heavy atom. The zero-order valence-corrected chi connectivity index (χ0v) is 8.04. The molecule has 0 saturated carbocycles. The zero-order valence-electron chi connectivity index (χ0n) is 6.41. The predicted octanol–water partition coefficient (Wildman–Crippen LogP) is 1.24. The molecular weight excluding hydrogens is 178 g/mol.